The van der Waals surface area contributed by atoms with Gasteiger partial charge in [-0.1, -0.05) is 23.9 Å². The maximum Gasteiger partial charge on any atom is 0.233 e. The van der Waals surface area contributed by atoms with Crippen molar-refractivity contribution in [3.63, 3.8) is 0 Å². The minimum absolute atomic E-state index is 0.259. The van der Waals surface area contributed by atoms with Gasteiger partial charge in [-0.3, -0.25) is 0 Å². The van der Waals surface area contributed by atoms with E-state index in [-0.39, 0.29) is 5.82 Å². The van der Waals surface area contributed by atoms with Gasteiger partial charge in [-0.2, -0.15) is 0 Å². The molecule has 0 unspecified atom stereocenters. The molecule has 0 aliphatic rings. The van der Waals surface area contributed by atoms with Crippen molar-refractivity contribution in [1.29, 1.82) is 0 Å². The molecular formula is C11H9FN2OS. The number of nitrogens with zero attached hydrogens (tertiary/aromatic N) is 2. The van der Waals surface area contributed by atoms with E-state index in [1.165, 1.54) is 24.9 Å². The Hall–Kier alpha value is -1.62. The van der Waals surface area contributed by atoms with Crippen molar-refractivity contribution in [3.8, 4) is 5.88 Å². The first-order valence-electron chi connectivity index (χ1n) is 4.59. The lowest BCUT2D eigenvalue weighted by Crippen LogP contribution is -1.91. The molecule has 1 aromatic heterocycles. The smallest absolute Gasteiger partial charge is 0.233 e. The number of halogens is 1. The quantitative estimate of drug-likeness (QED) is 0.820. The highest BCUT2D eigenvalue weighted by Crippen LogP contribution is 2.27. The van der Waals surface area contributed by atoms with Gasteiger partial charge in [0, 0.05) is 11.0 Å². The Morgan fingerprint density at radius 3 is 2.56 bits per heavy atom. The van der Waals surface area contributed by atoms with Crippen molar-refractivity contribution >= 4 is 11.8 Å². The minimum atomic E-state index is -0.259. The lowest BCUT2D eigenvalue weighted by Gasteiger charge is -2.02. The summed E-state index contributed by atoms with van der Waals surface area (Å²) in [5.74, 6) is 0.183. The van der Waals surface area contributed by atoms with E-state index < -0.39 is 0 Å². The summed E-state index contributed by atoms with van der Waals surface area (Å²) in [6.07, 6.45) is 0. The molecule has 0 aliphatic heterocycles. The van der Waals surface area contributed by atoms with Gasteiger partial charge in [0.2, 0.25) is 5.88 Å². The Kier molecular flexibility index (Phi) is 3.36. The van der Waals surface area contributed by atoms with Gasteiger partial charge in [-0.15, -0.1) is 10.2 Å². The predicted molar refractivity (Wildman–Crippen MR) is 59.1 cm³/mol. The van der Waals surface area contributed by atoms with E-state index in [0.717, 1.165) is 0 Å². The third-order valence-corrected chi connectivity index (χ3v) is 2.85. The van der Waals surface area contributed by atoms with E-state index in [0.29, 0.717) is 15.8 Å². The van der Waals surface area contributed by atoms with Crippen LogP contribution in [-0.2, 0) is 0 Å². The minimum Gasteiger partial charge on any atom is -0.480 e. The summed E-state index contributed by atoms with van der Waals surface area (Å²) in [7, 11) is 1.52. The fraction of sp³-hybridized carbons (Fsp3) is 0.0909. The highest BCUT2D eigenvalue weighted by molar-refractivity contribution is 7.99. The number of aromatic nitrogens is 2. The molecule has 0 spiro atoms. The maximum atomic E-state index is 13.3. The second-order valence-corrected chi connectivity index (χ2v) is 4.01. The van der Waals surface area contributed by atoms with E-state index in [2.05, 4.69) is 10.2 Å². The lowest BCUT2D eigenvalue weighted by atomic mass is 10.3. The average Bonchev–Trinajstić information content (AvgIpc) is 2.33. The summed E-state index contributed by atoms with van der Waals surface area (Å²) in [6.45, 7) is 0. The van der Waals surface area contributed by atoms with Gasteiger partial charge < -0.3 is 4.74 Å². The van der Waals surface area contributed by atoms with Crippen molar-refractivity contribution in [1.82, 2.24) is 10.2 Å². The number of rotatable bonds is 3. The van der Waals surface area contributed by atoms with E-state index in [1.54, 1.807) is 30.3 Å². The van der Waals surface area contributed by atoms with Gasteiger partial charge >= 0.3 is 0 Å². The molecule has 0 radical (unpaired) electrons. The molecule has 3 nitrogen and oxygen atoms in total. The monoisotopic (exact) mass is 236 g/mol. The van der Waals surface area contributed by atoms with Gasteiger partial charge in [0.25, 0.3) is 0 Å². The van der Waals surface area contributed by atoms with Crippen LogP contribution in [0, 0.1) is 5.82 Å². The summed E-state index contributed by atoms with van der Waals surface area (Å²) >= 11 is 1.23. The first-order chi connectivity index (χ1) is 7.79. The summed E-state index contributed by atoms with van der Waals surface area (Å²) in [6, 6.07) is 9.98. The number of ether oxygens (including phenoxy) is 1. The Bertz CT molecular complexity index is 476. The van der Waals surface area contributed by atoms with E-state index >= 15 is 0 Å². The Morgan fingerprint density at radius 1 is 1.12 bits per heavy atom. The summed E-state index contributed by atoms with van der Waals surface area (Å²) in [5.41, 5.74) is 0. The molecule has 2 rings (SSSR count). The molecule has 1 heterocycles. The van der Waals surface area contributed by atoms with Gasteiger partial charge in [0.05, 0.1) is 7.11 Å². The zero-order chi connectivity index (χ0) is 11.4. The lowest BCUT2D eigenvalue weighted by molar-refractivity contribution is 0.390. The first-order valence-corrected chi connectivity index (χ1v) is 5.41. The third kappa shape index (κ3) is 2.49. The van der Waals surface area contributed by atoms with Crippen LogP contribution >= 0.6 is 11.8 Å². The van der Waals surface area contributed by atoms with Crippen LogP contribution in [0.2, 0.25) is 0 Å². The Labute approximate surface area is 96.7 Å². The largest absolute Gasteiger partial charge is 0.480 e. The van der Waals surface area contributed by atoms with Crippen LogP contribution in [0.5, 0.6) is 5.88 Å². The van der Waals surface area contributed by atoms with Crippen molar-refractivity contribution < 1.29 is 9.13 Å². The van der Waals surface area contributed by atoms with E-state index in [1.807, 2.05) is 0 Å². The van der Waals surface area contributed by atoms with Crippen molar-refractivity contribution in [3.05, 3.63) is 42.2 Å². The molecule has 82 valence electrons. The van der Waals surface area contributed by atoms with Crippen LogP contribution in [0.4, 0.5) is 4.39 Å². The SMILES string of the molecule is COc1ccc(Sc2ccccc2F)nn1. The molecule has 2 aromatic rings. The van der Waals surface area contributed by atoms with Crippen LogP contribution in [0.15, 0.2) is 46.3 Å². The highest BCUT2D eigenvalue weighted by Gasteiger charge is 2.04. The Morgan fingerprint density at radius 2 is 1.94 bits per heavy atom. The molecule has 0 amide bonds. The summed E-state index contributed by atoms with van der Waals surface area (Å²) in [5, 5.41) is 8.35. The molecule has 5 heteroatoms. The van der Waals surface area contributed by atoms with Crippen molar-refractivity contribution in [2.24, 2.45) is 0 Å². The molecule has 0 saturated heterocycles. The second kappa shape index (κ2) is 4.94. The summed E-state index contributed by atoms with van der Waals surface area (Å²) < 4.78 is 18.2. The number of hydrogen-bond donors (Lipinski definition) is 0. The van der Waals surface area contributed by atoms with Gasteiger partial charge in [-0.05, 0) is 18.2 Å². The number of methoxy groups -OCH3 is 1. The third-order valence-electron chi connectivity index (χ3n) is 1.88. The van der Waals surface area contributed by atoms with Crippen LogP contribution in [0.1, 0.15) is 0 Å². The van der Waals surface area contributed by atoms with Crippen LogP contribution in [0.3, 0.4) is 0 Å². The predicted octanol–water partition coefficient (Wildman–Crippen LogP) is 2.78. The topological polar surface area (TPSA) is 35.0 Å². The maximum absolute atomic E-state index is 13.3. The van der Waals surface area contributed by atoms with Crippen molar-refractivity contribution in [2.45, 2.75) is 9.92 Å². The van der Waals surface area contributed by atoms with Crippen LogP contribution < -0.4 is 4.74 Å². The van der Waals surface area contributed by atoms with Crippen molar-refractivity contribution in [2.75, 3.05) is 7.11 Å². The molecule has 1 aromatic carbocycles. The zero-order valence-electron chi connectivity index (χ0n) is 8.55. The molecule has 0 aliphatic carbocycles. The molecule has 16 heavy (non-hydrogen) atoms. The normalized spacial score (nSPS) is 10.1. The van der Waals surface area contributed by atoms with Gasteiger partial charge in [0.15, 0.2) is 0 Å². The fourth-order valence-corrected chi connectivity index (χ4v) is 1.87. The van der Waals surface area contributed by atoms with E-state index in [9.17, 15) is 4.39 Å². The molecular weight excluding hydrogens is 227 g/mol. The standard InChI is InChI=1S/C11H9FN2OS/c1-15-10-6-7-11(14-13-10)16-9-5-3-2-4-8(9)12/h2-7H,1H3. The first kappa shape index (κ1) is 10.9. The number of benzene rings is 1. The summed E-state index contributed by atoms with van der Waals surface area (Å²) in [4.78, 5) is 0.530. The fourth-order valence-electron chi connectivity index (χ4n) is 1.11. The second-order valence-electron chi connectivity index (χ2n) is 2.95. The molecule has 0 bridgehead atoms. The van der Waals surface area contributed by atoms with Gasteiger partial charge in [-0.25, -0.2) is 4.39 Å². The highest BCUT2D eigenvalue weighted by atomic mass is 32.2. The van der Waals surface area contributed by atoms with Gasteiger partial charge in [0.1, 0.15) is 10.8 Å². The number of hydrogen-bond acceptors (Lipinski definition) is 4. The Balaban J connectivity index is 2.18. The molecule has 0 atom stereocenters. The zero-order valence-corrected chi connectivity index (χ0v) is 9.37. The molecule has 0 N–H and O–H groups in total. The molecule has 0 fully saturated rings. The van der Waals surface area contributed by atoms with Crippen LogP contribution in [-0.4, -0.2) is 17.3 Å². The average molecular weight is 236 g/mol. The van der Waals surface area contributed by atoms with Crippen LogP contribution in [0.25, 0.3) is 0 Å². The molecule has 0 saturated carbocycles. The van der Waals surface area contributed by atoms with E-state index in [4.69, 9.17) is 4.74 Å².